The normalized spacial score (nSPS) is 16.0. The second-order valence-electron chi connectivity index (χ2n) is 6.66. The molecule has 0 amide bonds. The topological polar surface area (TPSA) is 34.1 Å². The van der Waals surface area contributed by atoms with Crippen LogP contribution in [-0.2, 0) is 0 Å². The van der Waals surface area contributed by atoms with Crippen molar-refractivity contribution < 1.29 is 9.47 Å². The minimum atomic E-state index is 0.0992. The number of rotatable bonds is 6. The highest BCUT2D eigenvalue weighted by Crippen LogP contribution is 2.39. The molecule has 4 heteroatoms. The molecule has 0 fully saturated rings. The molecule has 1 atom stereocenters. The van der Waals surface area contributed by atoms with E-state index in [9.17, 15) is 0 Å². The van der Waals surface area contributed by atoms with Gasteiger partial charge in [-0.1, -0.05) is 54.6 Å². The van der Waals surface area contributed by atoms with E-state index in [1.807, 2.05) is 37.3 Å². The van der Waals surface area contributed by atoms with Crippen LogP contribution in [0.5, 0.6) is 11.5 Å². The number of para-hydroxylation sites is 1. The fraction of sp³-hybridized carbons (Fsp3) is 0.208. The van der Waals surface area contributed by atoms with Crippen LogP contribution in [0.1, 0.15) is 30.5 Å². The Hall–Kier alpha value is -3.27. The summed E-state index contributed by atoms with van der Waals surface area (Å²) in [6.07, 6.45) is 0.829. The summed E-state index contributed by atoms with van der Waals surface area (Å²) in [6, 6.07) is 26.9. The predicted octanol–water partition coefficient (Wildman–Crippen LogP) is 5.45. The standard InChI is InChI=1S/C24H24N2O2/c1-3-28-23-15-14-19(16-24(23)27-2)22-17-21(18-10-6-4-7-11-18)25-26(22)20-12-8-5-9-13-20/h4-16,22H,3,17H2,1-2H3/t22-/m0/s1. The maximum absolute atomic E-state index is 5.68. The van der Waals surface area contributed by atoms with Gasteiger partial charge in [0.15, 0.2) is 11.5 Å². The Kier molecular flexibility index (Phi) is 5.29. The van der Waals surface area contributed by atoms with Crippen molar-refractivity contribution in [2.24, 2.45) is 5.10 Å². The summed E-state index contributed by atoms with van der Waals surface area (Å²) in [6.45, 7) is 2.58. The lowest BCUT2D eigenvalue weighted by molar-refractivity contribution is 0.310. The average Bonchev–Trinajstić information content (AvgIpc) is 3.21. The van der Waals surface area contributed by atoms with E-state index in [1.165, 1.54) is 0 Å². The van der Waals surface area contributed by atoms with E-state index in [2.05, 4.69) is 53.5 Å². The smallest absolute Gasteiger partial charge is 0.161 e. The molecule has 0 N–H and O–H groups in total. The predicted molar refractivity (Wildman–Crippen MR) is 113 cm³/mol. The number of benzene rings is 3. The third kappa shape index (κ3) is 3.58. The first-order valence-electron chi connectivity index (χ1n) is 9.58. The monoisotopic (exact) mass is 372 g/mol. The first-order chi connectivity index (χ1) is 13.8. The van der Waals surface area contributed by atoms with Crippen LogP contribution in [0.3, 0.4) is 0 Å². The van der Waals surface area contributed by atoms with Gasteiger partial charge in [-0.15, -0.1) is 0 Å². The largest absolute Gasteiger partial charge is 0.493 e. The second-order valence-corrected chi connectivity index (χ2v) is 6.66. The lowest BCUT2D eigenvalue weighted by Gasteiger charge is -2.24. The number of nitrogens with zero attached hydrogens (tertiary/aromatic N) is 2. The highest BCUT2D eigenvalue weighted by Gasteiger charge is 2.30. The van der Waals surface area contributed by atoms with Gasteiger partial charge in [0, 0.05) is 6.42 Å². The van der Waals surface area contributed by atoms with Gasteiger partial charge in [-0.2, -0.15) is 5.10 Å². The van der Waals surface area contributed by atoms with Crippen molar-refractivity contribution in [2.45, 2.75) is 19.4 Å². The van der Waals surface area contributed by atoms with Crippen LogP contribution in [0.4, 0.5) is 5.69 Å². The molecule has 0 aliphatic carbocycles. The quantitative estimate of drug-likeness (QED) is 0.577. The molecule has 4 rings (SSSR count). The lowest BCUT2D eigenvalue weighted by Crippen LogP contribution is -2.18. The summed E-state index contributed by atoms with van der Waals surface area (Å²) in [4.78, 5) is 0. The summed E-state index contributed by atoms with van der Waals surface area (Å²) >= 11 is 0. The Balaban J connectivity index is 1.73. The molecule has 3 aromatic rings. The summed E-state index contributed by atoms with van der Waals surface area (Å²) in [7, 11) is 1.68. The van der Waals surface area contributed by atoms with E-state index >= 15 is 0 Å². The van der Waals surface area contributed by atoms with Crippen LogP contribution in [-0.4, -0.2) is 19.4 Å². The van der Waals surface area contributed by atoms with E-state index in [0.29, 0.717) is 6.61 Å². The fourth-order valence-corrected chi connectivity index (χ4v) is 3.56. The maximum Gasteiger partial charge on any atom is 0.161 e. The molecule has 0 saturated heterocycles. The Labute approximate surface area is 166 Å². The second kappa shape index (κ2) is 8.17. The van der Waals surface area contributed by atoms with E-state index in [4.69, 9.17) is 14.6 Å². The molecule has 0 bridgehead atoms. The van der Waals surface area contributed by atoms with Crippen LogP contribution in [0.15, 0.2) is 84.0 Å². The van der Waals surface area contributed by atoms with Gasteiger partial charge in [0.2, 0.25) is 0 Å². The third-order valence-corrected chi connectivity index (χ3v) is 4.91. The van der Waals surface area contributed by atoms with Gasteiger partial charge in [0.1, 0.15) is 0 Å². The summed E-state index contributed by atoms with van der Waals surface area (Å²) < 4.78 is 11.2. The Bertz CT molecular complexity index is 955. The maximum atomic E-state index is 5.68. The van der Waals surface area contributed by atoms with Crippen LogP contribution in [0.25, 0.3) is 0 Å². The van der Waals surface area contributed by atoms with Gasteiger partial charge in [0.25, 0.3) is 0 Å². The van der Waals surface area contributed by atoms with Gasteiger partial charge in [-0.05, 0) is 42.3 Å². The van der Waals surface area contributed by atoms with E-state index in [1.54, 1.807) is 7.11 Å². The third-order valence-electron chi connectivity index (χ3n) is 4.91. The average molecular weight is 372 g/mol. The molecule has 1 heterocycles. The minimum Gasteiger partial charge on any atom is -0.493 e. The molecular formula is C24H24N2O2. The Morgan fingerprint density at radius 2 is 1.64 bits per heavy atom. The van der Waals surface area contributed by atoms with Crippen LogP contribution in [0.2, 0.25) is 0 Å². The fourth-order valence-electron chi connectivity index (χ4n) is 3.56. The zero-order valence-corrected chi connectivity index (χ0v) is 16.2. The Morgan fingerprint density at radius 1 is 0.929 bits per heavy atom. The molecule has 4 nitrogen and oxygen atoms in total. The number of hydrogen-bond donors (Lipinski definition) is 0. The van der Waals surface area contributed by atoms with Crippen molar-refractivity contribution in [2.75, 3.05) is 18.7 Å². The molecule has 0 unspecified atom stereocenters. The van der Waals surface area contributed by atoms with Crippen molar-refractivity contribution in [1.29, 1.82) is 0 Å². The molecule has 28 heavy (non-hydrogen) atoms. The van der Waals surface area contributed by atoms with Gasteiger partial charge >= 0.3 is 0 Å². The molecular weight excluding hydrogens is 348 g/mol. The summed E-state index contributed by atoms with van der Waals surface area (Å²) in [5.41, 5.74) is 4.47. The highest BCUT2D eigenvalue weighted by molar-refractivity contribution is 6.03. The van der Waals surface area contributed by atoms with Crippen molar-refractivity contribution in [3.63, 3.8) is 0 Å². The van der Waals surface area contributed by atoms with Crippen LogP contribution >= 0.6 is 0 Å². The van der Waals surface area contributed by atoms with Gasteiger partial charge in [-0.3, -0.25) is 5.01 Å². The summed E-state index contributed by atoms with van der Waals surface area (Å²) in [5, 5.41) is 7.09. The zero-order valence-electron chi connectivity index (χ0n) is 16.2. The molecule has 1 aliphatic heterocycles. The van der Waals surface area contributed by atoms with Crippen molar-refractivity contribution in [3.8, 4) is 11.5 Å². The van der Waals surface area contributed by atoms with Crippen molar-refractivity contribution in [3.05, 3.63) is 90.0 Å². The van der Waals surface area contributed by atoms with E-state index in [-0.39, 0.29) is 6.04 Å². The van der Waals surface area contributed by atoms with Crippen LogP contribution < -0.4 is 14.5 Å². The molecule has 142 valence electrons. The first-order valence-corrected chi connectivity index (χ1v) is 9.58. The highest BCUT2D eigenvalue weighted by atomic mass is 16.5. The number of anilines is 1. The van der Waals surface area contributed by atoms with Crippen molar-refractivity contribution >= 4 is 11.4 Å². The Morgan fingerprint density at radius 3 is 2.32 bits per heavy atom. The molecule has 0 saturated carbocycles. The zero-order chi connectivity index (χ0) is 19.3. The van der Waals surface area contributed by atoms with Crippen LogP contribution in [0, 0.1) is 0 Å². The van der Waals surface area contributed by atoms with Gasteiger partial charge in [0.05, 0.1) is 31.2 Å². The number of ether oxygens (including phenoxy) is 2. The lowest BCUT2D eigenvalue weighted by atomic mass is 9.98. The summed E-state index contributed by atoms with van der Waals surface area (Å²) in [5.74, 6) is 1.52. The molecule has 0 aromatic heterocycles. The number of methoxy groups -OCH3 is 1. The minimum absolute atomic E-state index is 0.0992. The molecule has 0 spiro atoms. The SMILES string of the molecule is CCOc1ccc([C@@H]2CC(c3ccccc3)=NN2c2ccccc2)cc1OC. The molecule has 0 radical (unpaired) electrons. The number of hydrazone groups is 1. The number of hydrogen-bond acceptors (Lipinski definition) is 4. The molecule has 1 aliphatic rings. The van der Waals surface area contributed by atoms with E-state index in [0.717, 1.165) is 40.4 Å². The van der Waals surface area contributed by atoms with E-state index < -0.39 is 0 Å². The van der Waals surface area contributed by atoms with Gasteiger partial charge < -0.3 is 9.47 Å². The van der Waals surface area contributed by atoms with Crippen molar-refractivity contribution in [1.82, 2.24) is 0 Å². The van der Waals surface area contributed by atoms with Gasteiger partial charge in [-0.25, -0.2) is 0 Å². The molecule has 3 aromatic carbocycles. The first kappa shape index (κ1) is 18.1.